The van der Waals surface area contributed by atoms with Crippen LogP contribution in [0.15, 0.2) is 24.3 Å². The number of hydrogen-bond acceptors (Lipinski definition) is 2. The van der Waals surface area contributed by atoms with Crippen molar-refractivity contribution in [3.63, 3.8) is 0 Å². The summed E-state index contributed by atoms with van der Waals surface area (Å²) in [6.45, 7) is 2.40. The fraction of sp³-hybridized carbons (Fsp3) is 0.444. The van der Waals surface area contributed by atoms with E-state index in [9.17, 15) is 4.79 Å². The molecule has 3 nitrogen and oxygen atoms in total. The molecule has 1 saturated carbocycles. The van der Waals surface area contributed by atoms with E-state index >= 15 is 0 Å². The van der Waals surface area contributed by atoms with Crippen molar-refractivity contribution in [3.8, 4) is 0 Å². The van der Waals surface area contributed by atoms with Crippen LogP contribution in [-0.2, 0) is 12.8 Å². The number of aromatic nitrogens is 1. The van der Waals surface area contributed by atoms with Gasteiger partial charge in [-0.05, 0) is 73.3 Å². The smallest absolute Gasteiger partial charge is 0.335 e. The van der Waals surface area contributed by atoms with E-state index in [-0.39, 0.29) is 0 Å². The molecule has 1 fully saturated rings. The zero-order valence-electron chi connectivity index (χ0n) is 12.2. The van der Waals surface area contributed by atoms with Gasteiger partial charge in [0, 0.05) is 11.1 Å². The van der Waals surface area contributed by atoms with Crippen molar-refractivity contribution in [2.45, 2.75) is 39.0 Å². The Balaban J connectivity index is 1.76. The molecular formula is C18H19NO2. The summed E-state index contributed by atoms with van der Waals surface area (Å²) >= 11 is 0. The van der Waals surface area contributed by atoms with Crippen LogP contribution < -0.4 is 0 Å². The van der Waals surface area contributed by atoms with Crippen LogP contribution in [0.3, 0.4) is 0 Å². The van der Waals surface area contributed by atoms with Crippen molar-refractivity contribution in [2.24, 2.45) is 11.3 Å². The molecule has 1 heterocycles. The normalized spacial score (nSPS) is 22.8. The van der Waals surface area contributed by atoms with Gasteiger partial charge >= 0.3 is 5.97 Å². The molecule has 0 amide bonds. The number of fused-ring (bicyclic) bond motifs is 2. The van der Waals surface area contributed by atoms with Crippen molar-refractivity contribution in [2.75, 3.05) is 0 Å². The van der Waals surface area contributed by atoms with Crippen LogP contribution in [0.5, 0.6) is 0 Å². The molecule has 4 rings (SSSR count). The number of aromatic carboxylic acids is 1. The van der Waals surface area contributed by atoms with Gasteiger partial charge in [0.1, 0.15) is 0 Å². The molecule has 0 saturated heterocycles. The number of benzene rings is 1. The second-order valence-corrected chi connectivity index (χ2v) is 6.90. The van der Waals surface area contributed by atoms with Gasteiger partial charge in [-0.3, -0.25) is 4.98 Å². The molecule has 0 bridgehead atoms. The molecule has 0 unspecified atom stereocenters. The molecule has 1 aromatic carbocycles. The van der Waals surface area contributed by atoms with Crippen molar-refractivity contribution >= 4 is 16.9 Å². The maximum Gasteiger partial charge on any atom is 0.335 e. The van der Waals surface area contributed by atoms with E-state index in [1.807, 2.05) is 6.07 Å². The molecule has 0 spiro atoms. The standard InChI is InChI=1S/C18H19NO2/c1-18(6-7-18)14-3-5-16-13(10-14)9-12-8-11(17(20)21)2-4-15(12)19-16/h2,4,8-9,14H,3,5-7,10H2,1H3,(H,20,21)/t14-/m1/s1. The van der Waals surface area contributed by atoms with Crippen LogP contribution >= 0.6 is 0 Å². The summed E-state index contributed by atoms with van der Waals surface area (Å²) in [5, 5.41) is 10.1. The first-order valence-electron chi connectivity index (χ1n) is 7.71. The Labute approximate surface area is 124 Å². The highest BCUT2D eigenvalue weighted by molar-refractivity contribution is 5.93. The predicted molar refractivity (Wildman–Crippen MR) is 81.6 cm³/mol. The van der Waals surface area contributed by atoms with Gasteiger partial charge in [0.25, 0.3) is 0 Å². The minimum absolute atomic E-state index is 0.339. The SMILES string of the molecule is CC1([C@@H]2CCc3nc4ccc(C(=O)O)cc4cc3C2)CC1. The first kappa shape index (κ1) is 12.8. The Hall–Kier alpha value is -1.90. The van der Waals surface area contributed by atoms with Crippen LogP contribution in [0.25, 0.3) is 10.9 Å². The third kappa shape index (κ3) is 2.11. The number of nitrogens with zero attached hydrogens (tertiary/aromatic N) is 1. The van der Waals surface area contributed by atoms with Gasteiger partial charge in [-0.2, -0.15) is 0 Å². The number of rotatable bonds is 2. The van der Waals surface area contributed by atoms with Crippen LogP contribution in [-0.4, -0.2) is 16.1 Å². The highest BCUT2D eigenvalue weighted by atomic mass is 16.4. The molecule has 3 heteroatoms. The highest BCUT2D eigenvalue weighted by Gasteiger charge is 2.45. The van der Waals surface area contributed by atoms with Crippen molar-refractivity contribution in [1.29, 1.82) is 0 Å². The molecule has 21 heavy (non-hydrogen) atoms. The summed E-state index contributed by atoms with van der Waals surface area (Å²) in [4.78, 5) is 15.9. The Morgan fingerprint density at radius 1 is 1.33 bits per heavy atom. The third-order valence-corrected chi connectivity index (χ3v) is 5.45. The molecule has 2 aliphatic carbocycles. The topological polar surface area (TPSA) is 50.2 Å². The van der Waals surface area contributed by atoms with Crippen LogP contribution in [0.4, 0.5) is 0 Å². The van der Waals surface area contributed by atoms with Crippen LogP contribution in [0.1, 0.15) is 47.8 Å². The van der Waals surface area contributed by atoms with E-state index in [0.717, 1.165) is 29.7 Å². The third-order valence-electron chi connectivity index (χ3n) is 5.45. The van der Waals surface area contributed by atoms with Gasteiger partial charge in [-0.15, -0.1) is 0 Å². The average Bonchev–Trinajstić information content (AvgIpc) is 3.23. The molecule has 1 aromatic heterocycles. The Morgan fingerprint density at radius 2 is 2.14 bits per heavy atom. The van der Waals surface area contributed by atoms with Crippen molar-refractivity contribution in [1.82, 2.24) is 4.98 Å². The number of aryl methyl sites for hydroxylation is 1. The fourth-order valence-corrected chi connectivity index (χ4v) is 3.67. The van der Waals surface area contributed by atoms with Crippen molar-refractivity contribution in [3.05, 3.63) is 41.1 Å². The number of carboxylic acids is 1. The molecule has 2 aromatic rings. The molecule has 108 valence electrons. The van der Waals surface area contributed by atoms with Gasteiger partial charge in [0.15, 0.2) is 0 Å². The first-order chi connectivity index (χ1) is 10.0. The zero-order valence-corrected chi connectivity index (χ0v) is 12.2. The second-order valence-electron chi connectivity index (χ2n) is 6.90. The summed E-state index contributed by atoms with van der Waals surface area (Å²) in [6.07, 6.45) is 6.13. The summed E-state index contributed by atoms with van der Waals surface area (Å²) < 4.78 is 0. The monoisotopic (exact) mass is 281 g/mol. The van der Waals surface area contributed by atoms with Gasteiger partial charge in [0.2, 0.25) is 0 Å². The Morgan fingerprint density at radius 3 is 2.86 bits per heavy atom. The van der Waals surface area contributed by atoms with E-state index in [1.54, 1.807) is 12.1 Å². The number of hydrogen-bond donors (Lipinski definition) is 1. The number of pyridine rings is 1. The summed E-state index contributed by atoms with van der Waals surface area (Å²) in [5.74, 6) is -0.107. The molecule has 0 radical (unpaired) electrons. The van der Waals surface area contributed by atoms with E-state index in [0.29, 0.717) is 11.0 Å². The van der Waals surface area contributed by atoms with Gasteiger partial charge in [0.05, 0.1) is 11.1 Å². The lowest BCUT2D eigenvalue weighted by Gasteiger charge is -2.29. The predicted octanol–water partition coefficient (Wildman–Crippen LogP) is 3.84. The lowest BCUT2D eigenvalue weighted by molar-refractivity contribution is 0.0697. The Bertz CT molecular complexity index is 746. The second kappa shape index (κ2) is 4.30. The van der Waals surface area contributed by atoms with Crippen LogP contribution in [0, 0.1) is 11.3 Å². The largest absolute Gasteiger partial charge is 0.478 e. The van der Waals surface area contributed by atoms with Crippen LogP contribution in [0.2, 0.25) is 0 Å². The van der Waals surface area contributed by atoms with E-state index < -0.39 is 5.97 Å². The highest BCUT2D eigenvalue weighted by Crippen LogP contribution is 2.55. The Kier molecular flexibility index (Phi) is 2.62. The minimum Gasteiger partial charge on any atom is -0.478 e. The quantitative estimate of drug-likeness (QED) is 0.910. The molecular weight excluding hydrogens is 262 g/mol. The lowest BCUT2D eigenvalue weighted by atomic mass is 9.77. The summed E-state index contributed by atoms with van der Waals surface area (Å²) in [7, 11) is 0. The van der Waals surface area contributed by atoms with Crippen molar-refractivity contribution < 1.29 is 9.90 Å². The average molecular weight is 281 g/mol. The van der Waals surface area contributed by atoms with E-state index in [1.165, 1.54) is 30.5 Å². The minimum atomic E-state index is -0.877. The molecule has 0 aliphatic heterocycles. The molecule has 2 aliphatic rings. The first-order valence-corrected chi connectivity index (χ1v) is 7.71. The summed E-state index contributed by atoms with van der Waals surface area (Å²) in [5.41, 5.74) is 4.34. The number of carboxylic acid groups (broad SMARTS) is 1. The van der Waals surface area contributed by atoms with Gasteiger partial charge in [-0.25, -0.2) is 4.79 Å². The lowest BCUT2D eigenvalue weighted by Crippen LogP contribution is -2.22. The van der Waals surface area contributed by atoms with E-state index in [2.05, 4.69) is 13.0 Å². The number of carbonyl (C=O) groups is 1. The van der Waals surface area contributed by atoms with Gasteiger partial charge < -0.3 is 5.11 Å². The summed E-state index contributed by atoms with van der Waals surface area (Å²) in [6, 6.07) is 7.38. The fourth-order valence-electron chi connectivity index (χ4n) is 3.67. The molecule has 1 atom stereocenters. The molecule has 1 N–H and O–H groups in total. The maximum absolute atomic E-state index is 11.1. The zero-order chi connectivity index (χ0) is 14.6. The van der Waals surface area contributed by atoms with E-state index in [4.69, 9.17) is 10.1 Å². The maximum atomic E-state index is 11.1. The van der Waals surface area contributed by atoms with Gasteiger partial charge in [-0.1, -0.05) is 6.92 Å².